The first-order valence-corrected chi connectivity index (χ1v) is 4.88. The van der Waals surface area contributed by atoms with Gasteiger partial charge < -0.3 is 0 Å². The molecule has 0 radical (unpaired) electrons. The van der Waals surface area contributed by atoms with Crippen molar-refractivity contribution in [1.82, 2.24) is 4.98 Å². The Kier molecular flexibility index (Phi) is 2.93. The summed E-state index contributed by atoms with van der Waals surface area (Å²) in [6, 6.07) is 12.0. The zero-order valence-electron chi connectivity index (χ0n) is 8.52. The van der Waals surface area contributed by atoms with Crippen molar-refractivity contribution >= 4 is 0 Å². The largest absolute Gasteiger partial charge is 0.256 e. The average Bonchev–Trinajstić information content (AvgIpc) is 2.31. The van der Waals surface area contributed by atoms with E-state index in [0.717, 1.165) is 5.56 Å². The maximum absolute atomic E-state index is 13.6. The van der Waals surface area contributed by atoms with Gasteiger partial charge in [-0.3, -0.25) is 4.98 Å². The lowest BCUT2D eigenvalue weighted by atomic mass is 10.0. The van der Waals surface area contributed by atoms with Gasteiger partial charge in [-0.2, -0.15) is 5.26 Å². The van der Waals surface area contributed by atoms with Crippen LogP contribution in [0.2, 0.25) is 0 Å². The molecule has 0 saturated heterocycles. The van der Waals surface area contributed by atoms with Crippen molar-refractivity contribution in [3.05, 3.63) is 54.0 Å². The molecular weight excluding hydrogens is 203 g/mol. The van der Waals surface area contributed by atoms with Gasteiger partial charge >= 0.3 is 0 Å². The Bertz CT molecular complexity index is 544. The summed E-state index contributed by atoms with van der Waals surface area (Å²) in [4.78, 5) is 4.14. The summed E-state index contributed by atoms with van der Waals surface area (Å²) in [7, 11) is 0. The lowest BCUT2D eigenvalue weighted by Gasteiger charge is -2.06. The molecule has 78 valence electrons. The Morgan fingerprint density at radius 3 is 2.75 bits per heavy atom. The molecule has 1 heterocycles. The van der Waals surface area contributed by atoms with E-state index in [9.17, 15) is 4.39 Å². The third kappa shape index (κ3) is 1.91. The van der Waals surface area contributed by atoms with E-state index in [2.05, 4.69) is 11.1 Å². The fourth-order valence-corrected chi connectivity index (χ4v) is 1.56. The second kappa shape index (κ2) is 4.54. The zero-order valence-corrected chi connectivity index (χ0v) is 8.52. The van der Waals surface area contributed by atoms with Gasteiger partial charge in [0, 0.05) is 11.8 Å². The van der Waals surface area contributed by atoms with E-state index in [-0.39, 0.29) is 12.2 Å². The summed E-state index contributed by atoms with van der Waals surface area (Å²) in [5.41, 5.74) is 1.73. The molecule has 0 unspecified atom stereocenters. The van der Waals surface area contributed by atoms with E-state index in [1.54, 1.807) is 36.5 Å². The van der Waals surface area contributed by atoms with Crippen LogP contribution in [0, 0.1) is 17.1 Å². The fourth-order valence-electron chi connectivity index (χ4n) is 1.56. The third-order valence-electron chi connectivity index (χ3n) is 2.29. The molecule has 0 aliphatic carbocycles. The van der Waals surface area contributed by atoms with Crippen LogP contribution >= 0.6 is 0 Å². The van der Waals surface area contributed by atoms with Gasteiger partial charge in [0.05, 0.1) is 18.2 Å². The van der Waals surface area contributed by atoms with E-state index in [4.69, 9.17) is 5.26 Å². The van der Waals surface area contributed by atoms with Crippen LogP contribution in [0.4, 0.5) is 4.39 Å². The Hall–Kier alpha value is -2.21. The summed E-state index contributed by atoms with van der Waals surface area (Å²) in [6.07, 6.45) is 1.83. The van der Waals surface area contributed by atoms with E-state index >= 15 is 0 Å². The number of nitriles is 1. The molecule has 0 atom stereocenters. The highest BCUT2D eigenvalue weighted by Gasteiger charge is 2.09. The second-order valence-corrected chi connectivity index (χ2v) is 3.33. The Morgan fingerprint density at radius 2 is 2.00 bits per heavy atom. The van der Waals surface area contributed by atoms with Crippen LogP contribution in [-0.4, -0.2) is 4.98 Å². The average molecular weight is 212 g/mol. The van der Waals surface area contributed by atoms with Crippen LogP contribution in [0.3, 0.4) is 0 Å². The van der Waals surface area contributed by atoms with Crippen molar-refractivity contribution < 1.29 is 4.39 Å². The molecule has 16 heavy (non-hydrogen) atoms. The lowest BCUT2D eigenvalue weighted by Crippen LogP contribution is -1.93. The van der Waals surface area contributed by atoms with Gasteiger partial charge in [-0.1, -0.05) is 18.2 Å². The fraction of sp³-hybridized carbons (Fsp3) is 0.0769. The molecule has 0 saturated carbocycles. The Morgan fingerprint density at radius 1 is 1.19 bits per heavy atom. The molecule has 1 aromatic heterocycles. The molecule has 2 nitrogen and oxygen atoms in total. The minimum Gasteiger partial charge on any atom is -0.256 e. The maximum atomic E-state index is 13.6. The first-order valence-electron chi connectivity index (χ1n) is 4.88. The number of nitrogens with zero attached hydrogens (tertiary/aromatic N) is 2. The van der Waals surface area contributed by atoms with Crippen LogP contribution in [0.1, 0.15) is 5.56 Å². The van der Waals surface area contributed by atoms with Crippen molar-refractivity contribution in [3.8, 4) is 17.3 Å². The molecule has 2 aromatic rings. The molecule has 2 rings (SSSR count). The molecule has 0 aliphatic rings. The Labute approximate surface area is 93.0 Å². The van der Waals surface area contributed by atoms with Crippen LogP contribution in [0.5, 0.6) is 0 Å². The minimum atomic E-state index is -0.319. The lowest BCUT2D eigenvalue weighted by molar-refractivity contribution is 0.630. The topological polar surface area (TPSA) is 36.7 Å². The first-order chi connectivity index (χ1) is 7.83. The van der Waals surface area contributed by atoms with Crippen LogP contribution < -0.4 is 0 Å². The quantitative estimate of drug-likeness (QED) is 0.767. The smallest absolute Gasteiger partial charge is 0.132 e. The monoisotopic (exact) mass is 212 g/mol. The van der Waals surface area contributed by atoms with Crippen molar-refractivity contribution in [2.75, 3.05) is 0 Å². The molecule has 1 aromatic carbocycles. The molecule has 0 spiro atoms. The number of hydrogen-bond acceptors (Lipinski definition) is 2. The number of rotatable bonds is 2. The van der Waals surface area contributed by atoms with Crippen molar-refractivity contribution in [3.63, 3.8) is 0 Å². The molecule has 3 heteroatoms. The van der Waals surface area contributed by atoms with Crippen molar-refractivity contribution in [1.29, 1.82) is 5.26 Å². The first kappa shape index (κ1) is 10.3. The molecular formula is C13H9FN2. The van der Waals surface area contributed by atoms with Crippen molar-refractivity contribution in [2.24, 2.45) is 0 Å². The Balaban J connectivity index is 2.57. The summed E-state index contributed by atoms with van der Waals surface area (Å²) in [5, 5.41) is 8.69. The molecule has 0 aliphatic heterocycles. The molecule has 0 amide bonds. The van der Waals surface area contributed by atoms with Gasteiger partial charge in [0.2, 0.25) is 0 Å². The molecule has 0 N–H and O–H groups in total. The number of hydrogen-bond donors (Lipinski definition) is 0. The van der Waals surface area contributed by atoms with Gasteiger partial charge in [0.25, 0.3) is 0 Å². The summed E-state index contributed by atoms with van der Waals surface area (Å²) >= 11 is 0. The highest BCUT2D eigenvalue weighted by atomic mass is 19.1. The van der Waals surface area contributed by atoms with Gasteiger partial charge in [0.15, 0.2) is 0 Å². The second-order valence-electron chi connectivity index (χ2n) is 3.33. The zero-order chi connectivity index (χ0) is 11.4. The maximum Gasteiger partial charge on any atom is 0.132 e. The summed E-state index contributed by atoms with van der Waals surface area (Å²) < 4.78 is 13.6. The number of pyridine rings is 1. The number of aromatic nitrogens is 1. The normalized spacial score (nSPS) is 9.75. The van der Waals surface area contributed by atoms with E-state index < -0.39 is 0 Å². The predicted octanol–water partition coefficient (Wildman–Crippen LogP) is 2.95. The summed E-state index contributed by atoms with van der Waals surface area (Å²) in [5.74, 6) is -0.319. The molecule has 0 fully saturated rings. The minimum absolute atomic E-state index is 0.234. The SMILES string of the molecule is N#CCc1cccnc1-c1ccccc1F. The van der Waals surface area contributed by atoms with Crippen molar-refractivity contribution in [2.45, 2.75) is 6.42 Å². The standard InChI is InChI=1S/C13H9FN2/c14-12-6-2-1-5-11(12)13-10(7-8-15)4-3-9-16-13/h1-6,9H,7H2. The number of halogens is 1. The van der Waals surface area contributed by atoms with E-state index in [1.807, 2.05) is 0 Å². The van der Waals surface area contributed by atoms with Gasteiger partial charge in [-0.25, -0.2) is 4.39 Å². The third-order valence-corrected chi connectivity index (χ3v) is 2.29. The summed E-state index contributed by atoms with van der Waals surface area (Å²) in [6.45, 7) is 0. The molecule has 0 bridgehead atoms. The van der Waals surface area contributed by atoms with Gasteiger partial charge in [-0.05, 0) is 23.8 Å². The van der Waals surface area contributed by atoms with Crippen LogP contribution in [0.25, 0.3) is 11.3 Å². The van der Waals surface area contributed by atoms with E-state index in [0.29, 0.717) is 11.3 Å². The van der Waals surface area contributed by atoms with Crippen LogP contribution in [-0.2, 0) is 6.42 Å². The van der Waals surface area contributed by atoms with Crippen LogP contribution in [0.15, 0.2) is 42.6 Å². The van der Waals surface area contributed by atoms with Gasteiger partial charge in [0.1, 0.15) is 5.82 Å². The predicted molar refractivity (Wildman–Crippen MR) is 58.9 cm³/mol. The van der Waals surface area contributed by atoms with Gasteiger partial charge in [-0.15, -0.1) is 0 Å². The highest BCUT2D eigenvalue weighted by molar-refractivity contribution is 5.63. The highest BCUT2D eigenvalue weighted by Crippen LogP contribution is 2.23. The number of benzene rings is 1. The van der Waals surface area contributed by atoms with E-state index in [1.165, 1.54) is 6.07 Å².